The number of hydrogen-bond acceptors (Lipinski definition) is 3. The molecule has 1 aliphatic heterocycles. The van der Waals surface area contributed by atoms with Crippen molar-refractivity contribution in [3.8, 4) is 5.75 Å². The molecule has 1 heterocycles. The van der Waals surface area contributed by atoms with Crippen LogP contribution in [0.2, 0.25) is 5.02 Å². The number of imide groups is 1. The van der Waals surface area contributed by atoms with Crippen LogP contribution in [-0.2, 0) is 11.3 Å². The van der Waals surface area contributed by atoms with Gasteiger partial charge in [0.25, 0.3) is 5.91 Å². The maximum Gasteiger partial charge on any atom is 0.325 e. The van der Waals surface area contributed by atoms with Crippen LogP contribution in [0.4, 0.5) is 4.79 Å². The van der Waals surface area contributed by atoms with Gasteiger partial charge in [0.05, 0.1) is 13.7 Å². The standard InChI is InChI=1S/C15H19ClN2O3/c1-9(2)6-12-14(19)18(15(20)17-12)8-10-7-11(16)4-5-13(10)21-3/h4-5,7,9,12H,6,8H2,1-3H3,(H,17,20)/t12-/m1/s1. The van der Waals surface area contributed by atoms with Crippen molar-refractivity contribution in [1.82, 2.24) is 10.2 Å². The van der Waals surface area contributed by atoms with Gasteiger partial charge in [-0.3, -0.25) is 9.69 Å². The summed E-state index contributed by atoms with van der Waals surface area (Å²) in [7, 11) is 1.54. The Kier molecular flexibility index (Phi) is 4.73. The van der Waals surface area contributed by atoms with Crippen molar-refractivity contribution in [2.45, 2.75) is 32.9 Å². The number of halogens is 1. The molecule has 1 aromatic rings. The Morgan fingerprint density at radius 1 is 1.38 bits per heavy atom. The van der Waals surface area contributed by atoms with Crippen molar-refractivity contribution < 1.29 is 14.3 Å². The quantitative estimate of drug-likeness (QED) is 0.851. The molecule has 0 aromatic heterocycles. The van der Waals surface area contributed by atoms with Gasteiger partial charge in [-0.05, 0) is 30.5 Å². The highest BCUT2D eigenvalue weighted by Crippen LogP contribution is 2.26. The van der Waals surface area contributed by atoms with E-state index < -0.39 is 6.04 Å². The molecule has 0 spiro atoms. The highest BCUT2D eigenvalue weighted by atomic mass is 35.5. The van der Waals surface area contributed by atoms with E-state index in [1.807, 2.05) is 13.8 Å². The first-order valence-electron chi connectivity index (χ1n) is 6.86. The summed E-state index contributed by atoms with van der Waals surface area (Å²) in [5, 5.41) is 3.26. The molecule has 1 aliphatic rings. The molecule has 3 amide bonds. The van der Waals surface area contributed by atoms with Crippen LogP contribution in [0.1, 0.15) is 25.8 Å². The topological polar surface area (TPSA) is 58.6 Å². The number of nitrogens with zero attached hydrogens (tertiary/aromatic N) is 1. The van der Waals surface area contributed by atoms with Crippen molar-refractivity contribution in [3.63, 3.8) is 0 Å². The number of hydrogen-bond donors (Lipinski definition) is 1. The van der Waals surface area contributed by atoms with Gasteiger partial charge in [-0.25, -0.2) is 4.79 Å². The Morgan fingerprint density at radius 2 is 2.10 bits per heavy atom. The van der Waals surface area contributed by atoms with Gasteiger partial charge in [-0.1, -0.05) is 25.4 Å². The first-order valence-corrected chi connectivity index (χ1v) is 7.24. The van der Waals surface area contributed by atoms with E-state index in [2.05, 4.69) is 5.32 Å². The highest BCUT2D eigenvalue weighted by Gasteiger charge is 2.38. The average Bonchev–Trinajstić information content (AvgIpc) is 2.66. The lowest BCUT2D eigenvalue weighted by atomic mass is 10.0. The molecule has 1 N–H and O–H groups in total. The minimum absolute atomic E-state index is 0.156. The SMILES string of the molecule is COc1ccc(Cl)cc1CN1C(=O)N[C@H](CC(C)C)C1=O. The Labute approximate surface area is 129 Å². The van der Waals surface area contributed by atoms with Crippen LogP contribution in [0.15, 0.2) is 18.2 Å². The fourth-order valence-corrected chi connectivity index (χ4v) is 2.59. The van der Waals surface area contributed by atoms with E-state index in [1.54, 1.807) is 25.3 Å². The third kappa shape index (κ3) is 3.47. The molecular weight excluding hydrogens is 292 g/mol. The zero-order valence-electron chi connectivity index (χ0n) is 12.4. The maximum absolute atomic E-state index is 12.3. The fourth-order valence-electron chi connectivity index (χ4n) is 2.40. The molecule has 1 atom stereocenters. The van der Waals surface area contributed by atoms with Gasteiger partial charge in [-0.15, -0.1) is 0 Å². The second-order valence-corrected chi connectivity index (χ2v) is 5.95. The molecule has 1 saturated heterocycles. The number of nitrogens with one attached hydrogen (secondary N) is 1. The number of benzene rings is 1. The van der Waals surface area contributed by atoms with Crippen molar-refractivity contribution in [1.29, 1.82) is 0 Å². The smallest absolute Gasteiger partial charge is 0.325 e. The van der Waals surface area contributed by atoms with Crippen LogP contribution >= 0.6 is 11.6 Å². The van der Waals surface area contributed by atoms with Gasteiger partial charge in [0.2, 0.25) is 0 Å². The summed E-state index contributed by atoms with van der Waals surface area (Å²) in [5.41, 5.74) is 0.707. The third-order valence-corrected chi connectivity index (χ3v) is 3.62. The lowest BCUT2D eigenvalue weighted by Crippen LogP contribution is -2.31. The van der Waals surface area contributed by atoms with Crippen LogP contribution in [0.3, 0.4) is 0 Å². The maximum atomic E-state index is 12.3. The fraction of sp³-hybridized carbons (Fsp3) is 0.467. The summed E-state index contributed by atoms with van der Waals surface area (Å²) in [6, 6.07) is 4.32. The molecular formula is C15H19ClN2O3. The van der Waals surface area contributed by atoms with Crippen molar-refractivity contribution >= 4 is 23.5 Å². The molecule has 2 rings (SSSR count). The summed E-state index contributed by atoms with van der Waals surface area (Å²) in [6.45, 7) is 4.19. The van der Waals surface area contributed by atoms with E-state index in [0.29, 0.717) is 28.7 Å². The number of carbonyl (C=O) groups excluding carboxylic acids is 2. The normalized spacial score (nSPS) is 18.3. The number of carbonyl (C=O) groups is 2. The zero-order chi connectivity index (χ0) is 15.6. The van der Waals surface area contributed by atoms with Gasteiger partial charge in [0.15, 0.2) is 0 Å². The Hall–Kier alpha value is -1.75. The van der Waals surface area contributed by atoms with Crippen molar-refractivity contribution in [2.75, 3.05) is 7.11 Å². The number of amides is 3. The van der Waals surface area contributed by atoms with Gasteiger partial charge in [0.1, 0.15) is 11.8 Å². The van der Waals surface area contributed by atoms with E-state index in [1.165, 1.54) is 4.90 Å². The molecule has 0 saturated carbocycles. The Balaban J connectivity index is 2.18. The lowest BCUT2D eigenvalue weighted by molar-refractivity contribution is -0.128. The van der Waals surface area contributed by atoms with Crippen LogP contribution in [0.25, 0.3) is 0 Å². The zero-order valence-corrected chi connectivity index (χ0v) is 13.1. The van der Waals surface area contributed by atoms with Crippen molar-refractivity contribution in [3.05, 3.63) is 28.8 Å². The number of ether oxygens (including phenoxy) is 1. The first-order chi connectivity index (χ1) is 9.92. The lowest BCUT2D eigenvalue weighted by Gasteiger charge is -2.16. The number of urea groups is 1. The number of rotatable bonds is 5. The van der Waals surface area contributed by atoms with Crippen LogP contribution in [-0.4, -0.2) is 30.0 Å². The van der Waals surface area contributed by atoms with Gasteiger partial charge < -0.3 is 10.1 Å². The summed E-state index contributed by atoms with van der Waals surface area (Å²) < 4.78 is 5.24. The minimum Gasteiger partial charge on any atom is -0.496 e. The van der Waals surface area contributed by atoms with E-state index in [0.717, 1.165) is 0 Å². The summed E-state index contributed by atoms with van der Waals surface area (Å²) in [6.07, 6.45) is 0.633. The monoisotopic (exact) mass is 310 g/mol. The van der Waals surface area contributed by atoms with E-state index in [9.17, 15) is 9.59 Å². The van der Waals surface area contributed by atoms with E-state index >= 15 is 0 Å². The van der Waals surface area contributed by atoms with E-state index in [4.69, 9.17) is 16.3 Å². The molecule has 1 fully saturated rings. The minimum atomic E-state index is -0.442. The molecule has 114 valence electrons. The summed E-state index contributed by atoms with van der Waals surface area (Å²) in [4.78, 5) is 25.5. The first kappa shape index (κ1) is 15.6. The molecule has 21 heavy (non-hydrogen) atoms. The van der Waals surface area contributed by atoms with E-state index in [-0.39, 0.29) is 18.5 Å². The molecule has 0 aliphatic carbocycles. The van der Waals surface area contributed by atoms with Gasteiger partial charge in [-0.2, -0.15) is 0 Å². The van der Waals surface area contributed by atoms with Gasteiger partial charge >= 0.3 is 6.03 Å². The van der Waals surface area contributed by atoms with Crippen LogP contribution < -0.4 is 10.1 Å². The van der Waals surface area contributed by atoms with Gasteiger partial charge in [0, 0.05) is 10.6 Å². The summed E-state index contributed by atoms with van der Waals surface area (Å²) in [5.74, 6) is 0.739. The summed E-state index contributed by atoms with van der Waals surface area (Å²) >= 11 is 5.97. The highest BCUT2D eigenvalue weighted by molar-refractivity contribution is 6.30. The largest absolute Gasteiger partial charge is 0.496 e. The number of methoxy groups -OCH3 is 1. The molecule has 0 unspecified atom stereocenters. The van der Waals surface area contributed by atoms with Crippen LogP contribution in [0, 0.1) is 5.92 Å². The van der Waals surface area contributed by atoms with Crippen LogP contribution in [0.5, 0.6) is 5.75 Å². The molecule has 0 bridgehead atoms. The predicted octanol–water partition coefficient (Wildman–Crippen LogP) is 2.82. The average molecular weight is 311 g/mol. The third-order valence-electron chi connectivity index (χ3n) is 3.38. The van der Waals surface area contributed by atoms with Crippen molar-refractivity contribution in [2.24, 2.45) is 5.92 Å². The Bertz CT molecular complexity index is 560. The second-order valence-electron chi connectivity index (χ2n) is 5.51. The predicted molar refractivity (Wildman–Crippen MR) is 80.3 cm³/mol. The molecule has 1 aromatic carbocycles. The molecule has 6 heteroatoms. The Morgan fingerprint density at radius 3 is 2.71 bits per heavy atom. The molecule has 0 radical (unpaired) electrons. The molecule has 5 nitrogen and oxygen atoms in total. The second kappa shape index (κ2) is 6.35.